The van der Waals surface area contributed by atoms with Crippen molar-refractivity contribution in [1.82, 2.24) is 10.3 Å². The third-order valence-electron chi connectivity index (χ3n) is 3.56. The Morgan fingerprint density at radius 3 is 2.94 bits per heavy atom. The van der Waals surface area contributed by atoms with E-state index in [0.29, 0.717) is 5.82 Å². The molecule has 1 aliphatic heterocycles. The van der Waals surface area contributed by atoms with Crippen molar-refractivity contribution < 1.29 is 4.79 Å². The first-order valence-electron chi connectivity index (χ1n) is 6.11. The summed E-state index contributed by atoms with van der Waals surface area (Å²) < 4.78 is 0. The summed E-state index contributed by atoms with van der Waals surface area (Å²) in [4.78, 5) is 16.5. The average Bonchev–Trinajstić information content (AvgIpc) is 2.82. The van der Waals surface area contributed by atoms with E-state index in [9.17, 15) is 4.79 Å². The highest BCUT2D eigenvalue weighted by molar-refractivity contribution is 5.95. The van der Waals surface area contributed by atoms with Gasteiger partial charge in [-0.2, -0.15) is 0 Å². The van der Waals surface area contributed by atoms with E-state index in [1.165, 1.54) is 0 Å². The minimum absolute atomic E-state index is 0.0846. The van der Waals surface area contributed by atoms with Crippen LogP contribution < -0.4 is 10.6 Å². The highest BCUT2D eigenvalue weighted by Crippen LogP contribution is 2.30. The fourth-order valence-corrected chi connectivity index (χ4v) is 2.19. The van der Waals surface area contributed by atoms with Gasteiger partial charge in [0.1, 0.15) is 5.82 Å². The molecular formula is C13H19N3O. The molecule has 17 heavy (non-hydrogen) atoms. The number of anilines is 1. The summed E-state index contributed by atoms with van der Waals surface area (Å²) in [6, 6.07) is 3.80. The van der Waals surface area contributed by atoms with Gasteiger partial charge in [0.15, 0.2) is 0 Å². The molecule has 1 amide bonds. The van der Waals surface area contributed by atoms with Gasteiger partial charge >= 0.3 is 0 Å². The molecule has 1 aromatic heterocycles. The van der Waals surface area contributed by atoms with Gasteiger partial charge in [-0.15, -0.1) is 0 Å². The number of aromatic nitrogens is 1. The van der Waals surface area contributed by atoms with E-state index < -0.39 is 0 Å². The molecule has 1 aliphatic rings. The monoisotopic (exact) mass is 233 g/mol. The molecule has 0 bridgehead atoms. The third-order valence-corrected chi connectivity index (χ3v) is 3.56. The summed E-state index contributed by atoms with van der Waals surface area (Å²) in [5.74, 6) is 0.724. The maximum Gasteiger partial charge on any atom is 0.233 e. The van der Waals surface area contributed by atoms with E-state index in [4.69, 9.17) is 0 Å². The van der Waals surface area contributed by atoms with Crippen molar-refractivity contribution in [3.8, 4) is 0 Å². The number of nitrogens with zero attached hydrogens (tertiary/aromatic N) is 1. The Morgan fingerprint density at radius 1 is 1.59 bits per heavy atom. The molecular weight excluding hydrogens is 214 g/mol. The maximum atomic E-state index is 12.3. The molecule has 0 spiro atoms. The minimum Gasteiger partial charge on any atom is -0.316 e. The molecule has 1 fully saturated rings. The summed E-state index contributed by atoms with van der Waals surface area (Å²) >= 11 is 0. The Bertz CT molecular complexity index is 394. The zero-order valence-corrected chi connectivity index (χ0v) is 10.4. The molecule has 4 heteroatoms. The van der Waals surface area contributed by atoms with Gasteiger partial charge in [-0.25, -0.2) is 4.98 Å². The molecule has 1 atom stereocenters. The number of rotatable bonds is 3. The van der Waals surface area contributed by atoms with Crippen LogP contribution >= 0.6 is 0 Å². The summed E-state index contributed by atoms with van der Waals surface area (Å²) in [6.07, 6.45) is 3.53. The Hall–Kier alpha value is -1.42. The molecule has 92 valence electrons. The molecule has 1 saturated heterocycles. The fourth-order valence-electron chi connectivity index (χ4n) is 2.19. The van der Waals surface area contributed by atoms with Gasteiger partial charge in [-0.05, 0) is 37.9 Å². The van der Waals surface area contributed by atoms with Gasteiger partial charge in [0, 0.05) is 12.7 Å². The van der Waals surface area contributed by atoms with Crippen molar-refractivity contribution in [2.75, 3.05) is 18.4 Å². The lowest BCUT2D eigenvalue weighted by molar-refractivity contribution is -0.124. The van der Waals surface area contributed by atoms with E-state index in [-0.39, 0.29) is 11.3 Å². The Kier molecular flexibility index (Phi) is 3.43. The number of carbonyl (C=O) groups excluding carboxylic acids is 1. The molecule has 1 aromatic rings. The zero-order valence-electron chi connectivity index (χ0n) is 10.4. The van der Waals surface area contributed by atoms with Crippen LogP contribution in [0.5, 0.6) is 0 Å². The van der Waals surface area contributed by atoms with Crippen LogP contribution in [0, 0.1) is 12.3 Å². The van der Waals surface area contributed by atoms with Crippen molar-refractivity contribution in [2.24, 2.45) is 5.41 Å². The van der Waals surface area contributed by atoms with Crippen LogP contribution in [0.25, 0.3) is 0 Å². The zero-order chi connectivity index (χ0) is 12.3. The first kappa shape index (κ1) is 12.0. The van der Waals surface area contributed by atoms with Crippen LogP contribution in [0.1, 0.15) is 25.3 Å². The van der Waals surface area contributed by atoms with Gasteiger partial charge in [0.25, 0.3) is 0 Å². The third kappa shape index (κ3) is 2.47. The molecule has 1 unspecified atom stereocenters. The summed E-state index contributed by atoms with van der Waals surface area (Å²) in [5, 5.41) is 6.17. The normalized spacial score (nSPS) is 23.6. The number of nitrogens with one attached hydrogen (secondary N) is 2. The summed E-state index contributed by atoms with van der Waals surface area (Å²) in [7, 11) is 0. The van der Waals surface area contributed by atoms with Gasteiger partial charge in [0.2, 0.25) is 5.91 Å². The second-order valence-electron chi connectivity index (χ2n) is 4.74. The van der Waals surface area contributed by atoms with Crippen LogP contribution in [0.3, 0.4) is 0 Å². The van der Waals surface area contributed by atoms with Gasteiger partial charge in [-0.1, -0.05) is 13.0 Å². The van der Waals surface area contributed by atoms with Crippen LogP contribution in [0.2, 0.25) is 0 Å². The van der Waals surface area contributed by atoms with Gasteiger partial charge in [0.05, 0.1) is 5.41 Å². The van der Waals surface area contributed by atoms with Crippen molar-refractivity contribution in [2.45, 2.75) is 26.7 Å². The Balaban J connectivity index is 2.08. The number of aryl methyl sites for hydroxylation is 1. The molecule has 2 heterocycles. The van der Waals surface area contributed by atoms with Crippen molar-refractivity contribution >= 4 is 11.7 Å². The molecule has 0 saturated carbocycles. The molecule has 2 N–H and O–H groups in total. The van der Waals surface area contributed by atoms with E-state index in [2.05, 4.69) is 22.5 Å². The fraction of sp³-hybridized carbons (Fsp3) is 0.538. The summed E-state index contributed by atoms with van der Waals surface area (Å²) in [5.41, 5.74) is 0.836. The Morgan fingerprint density at radius 2 is 2.41 bits per heavy atom. The van der Waals surface area contributed by atoms with Crippen LogP contribution in [0.4, 0.5) is 5.82 Å². The topological polar surface area (TPSA) is 54.0 Å². The first-order valence-corrected chi connectivity index (χ1v) is 6.11. The second-order valence-corrected chi connectivity index (χ2v) is 4.74. The average molecular weight is 233 g/mol. The van der Waals surface area contributed by atoms with Crippen LogP contribution in [0.15, 0.2) is 18.3 Å². The smallest absolute Gasteiger partial charge is 0.233 e. The quantitative estimate of drug-likeness (QED) is 0.835. The SMILES string of the molecule is CCC1(C(=O)Nc2ccc(C)cn2)CCNC1. The number of hydrogen-bond acceptors (Lipinski definition) is 3. The van der Waals surface area contributed by atoms with Gasteiger partial charge < -0.3 is 10.6 Å². The molecule has 2 rings (SSSR count). The predicted octanol–water partition coefficient (Wildman–Crippen LogP) is 1.72. The second kappa shape index (κ2) is 4.84. The number of hydrogen-bond donors (Lipinski definition) is 2. The van der Waals surface area contributed by atoms with E-state index >= 15 is 0 Å². The Labute approximate surface area is 102 Å². The molecule has 4 nitrogen and oxygen atoms in total. The van der Waals surface area contributed by atoms with Crippen molar-refractivity contribution in [1.29, 1.82) is 0 Å². The van der Waals surface area contributed by atoms with E-state index in [0.717, 1.165) is 31.5 Å². The lowest BCUT2D eigenvalue weighted by Gasteiger charge is -2.24. The first-order chi connectivity index (χ1) is 8.16. The molecule has 0 aliphatic carbocycles. The van der Waals surface area contributed by atoms with E-state index in [1.807, 2.05) is 19.1 Å². The maximum absolute atomic E-state index is 12.3. The van der Waals surface area contributed by atoms with Crippen LogP contribution in [-0.2, 0) is 4.79 Å². The highest BCUT2D eigenvalue weighted by Gasteiger charge is 2.39. The lowest BCUT2D eigenvalue weighted by atomic mass is 9.83. The van der Waals surface area contributed by atoms with Crippen LogP contribution in [-0.4, -0.2) is 24.0 Å². The number of amides is 1. The summed E-state index contributed by atoms with van der Waals surface area (Å²) in [6.45, 7) is 5.73. The predicted molar refractivity (Wildman–Crippen MR) is 67.8 cm³/mol. The number of pyridine rings is 1. The molecule has 0 radical (unpaired) electrons. The van der Waals surface area contributed by atoms with Crippen molar-refractivity contribution in [3.05, 3.63) is 23.9 Å². The highest BCUT2D eigenvalue weighted by atomic mass is 16.2. The van der Waals surface area contributed by atoms with E-state index in [1.54, 1.807) is 6.20 Å². The largest absolute Gasteiger partial charge is 0.316 e. The van der Waals surface area contributed by atoms with Crippen molar-refractivity contribution in [3.63, 3.8) is 0 Å². The number of carbonyl (C=O) groups is 1. The minimum atomic E-state index is -0.257. The van der Waals surface area contributed by atoms with Gasteiger partial charge in [-0.3, -0.25) is 4.79 Å². The lowest BCUT2D eigenvalue weighted by Crippen LogP contribution is -2.37. The molecule has 0 aromatic carbocycles. The standard InChI is InChI=1S/C13H19N3O/c1-3-13(6-7-14-9-13)12(17)16-11-5-4-10(2)8-15-11/h4-5,8,14H,3,6-7,9H2,1-2H3,(H,15,16,17).